The van der Waals surface area contributed by atoms with Crippen molar-refractivity contribution in [3.05, 3.63) is 54.5 Å². The number of carboxylic acids is 1. The Balaban J connectivity index is 2.00. The van der Waals surface area contributed by atoms with Gasteiger partial charge in [0.05, 0.1) is 6.54 Å². The maximum atomic E-state index is 11.3. The van der Waals surface area contributed by atoms with E-state index >= 15 is 0 Å². The van der Waals surface area contributed by atoms with E-state index < -0.39 is 5.97 Å². The number of aromatic carboxylic acids is 1. The topological polar surface area (TPSA) is 60.0 Å². The summed E-state index contributed by atoms with van der Waals surface area (Å²) in [7, 11) is 0. The first-order valence-corrected chi connectivity index (χ1v) is 6.05. The molecule has 0 unspecified atom stereocenters. The highest BCUT2D eigenvalue weighted by Crippen LogP contribution is 2.20. The number of aromatic nitrogens is 3. The quantitative estimate of drug-likeness (QED) is 0.777. The molecule has 0 aliphatic heterocycles. The fourth-order valence-electron chi connectivity index (χ4n) is 2.26. The van der Waals surface area contributed by atoms with Crippen molar-refractivity contribution in [3.8, 4) is 0 Å². The maximum Gasteiger partial charge on any atom is 0.352 e. The average molecular weight is 255 g/mol. The molecule has 1 aromatic carbocycles. The summed E-state index contributed by atoms with van der Waals surface area (Å²) in [4.78, 5) is 11.3. The lowest BCUT2D eigenvalue weighted by Gasteiger charge is -2.08. The van der Waals surface area contributed by atoms with Crippen LogP contribution in [-0.2, 0) is 13.1 Å². The lowest BCUT2D eigenvalue weighted by molar-refractivity contribution is 0.0685. The standard InChI is InChI=1S/C14H13N3O2/c18-14(19)13-10-11-4-1-2-5-12(11)17(13)9-8-16-7-3-6-15-16/h1-7,10H,8-9H2,(H,18,19). The third-order valence-corrected chi connectivity index (χ3v) is 3.14. The number of benzene rings is 1. The van der Waals surface area contributed by atoms with Gasteiger partial charge in [0.2, 0.25) is 0 Å². The highest BCUT2D eigenvalue weighted by molar-refractivity contribution is 5.94. The zero-order chi connectivity index (χ0) is 13.2. The number of aryl methyl sites for hydroxylation is 2. The highest BCUT2D eigenvalue weighted by Gasteiger charge is 2.13. The van der Waals surface area contributed by atoms with E-state index in [0.717, 1.165) is 10.9 Å². The predicted molar refractivity (Wildman–Crippen MR) is 71.1 cm³/mol. The van der Waals surface area contributed by atoms with Gasteiger partial charge in [0.1, 0.15) is 5.69 Å². The largest absolute Gasteiger partial charge is 0.477 e. The number of hydrogen-bond acceptors (Lipinski definition) is 2. The van der Waals surface area contributed by atoms with Crippen LogP contribution in [-0.4, -0.2) is 25.4 Å². The number of fused-ring (bicyclic) bond motifs is 1. The summed E-state index contributed by atoms with van der Waals surface area (Å²) in [5.74, 6) is -0.906. The van der Waals surface area contributed by atoms with E-state index in [9.17, 15) is 9.90 Å². The van der Waals surface area contributed by atoms with E-state index in [1.54, 1.807) is 16.9 Å². The minimum atomic E-state index is -0.906. The van der Waals surface area contributed by atoms with Gasteiger partial charge in [0, 0.05) is 29.8 Å². The Hall–Kier alpha value is -2.56. The number of carboxylic acid groups (broad SMARTS) is 1. The number of para-hydroxylation sites is 1. The number of rotatable bonds is 4. The van der Waals surface area contributed by atoms with Gasteiger partial charge in [-0.3, -0.25) is 4.68 Å². The molecular weight excluding hydrogens is 242 g/mol. The molecule has 0 saturated heterocycles. The molecule has 19 heavy (non-hydrogen) atoms. The number of nitrogens with zero attached hydrogens (tertiary/aromatic N) is 3. The lowest BCUT2D eigenvalue weighted by Crippen LogP contribution is -2.13. The second-order valence-electron chi connectivity index (χ2n) is 4.31. The molecule has 96 valence electrons. The summed E-state index contributed by atoms with van der Waals surface area (Å²) >= 11 is 0. The van der Waals surface area contributed by atoms with Crippen molar-refractivity contribution in [1.82, 2.24) is 14.3 Å². The minimum Gasteiger partial charge on any atom is -0.477 e. The van der Waals surface area contributed by atoms with Crippen molar-refractivity contribution in [2.45, 2.75) is 13.1 Å². The molecule has 0 saturated carbocycles. The molecule has 5 nitrogen and oxygen atoms in total. The van der Waals surface area contributed by atoms with Crippen LogP contribution >= 0.6 is 0 Å². The highest BCUT2D eigenvalue weighted by atomic mass is 16.4. The second kappa shape index (κ2) is 4.61. The Bertz CT molecular complexity index is 713. The molecule has 0 atom stereocenters. The monoisotopic (exact) mass is 255 g/mol. The zero-order valence-corrected chi connectivity index (χ0v) is 10.2. The van der Waals surface area contributed by atoms with Crippen molar-refractivity contribution in [1.29, 1.82) is 0 Å². The SMILES string of the molecule is O=C(O)c1cc2ccccc2n1CCn1cccn1. The van der Waals surface area contributed by atoms with Gasteiger partial charge in [-0.05, 0) is 18.2 Å². The van der Waals surface area contributed by atoms with Crippen LogP contribution < -0.4 is 0 Å². The van der Waals surface area contributed by atoms with Crippen molar-refractivity contribution >= 4 is 16.9 Å². The van der Waals surface area contributed by atoms with Crippen LogP contribution in [0.5, 0.6) is 0 Å². The Kier molecular flexibility index (Phi) is 2.79. The van der Waals surface area contributed by atoms with Gasteiger partial charge < -0.3 is 9.67 Å². The van der Waals surface area contributed by atoms with Gasteiger partial charge in [-0.2, -0.15) is 5.10 Å². The van der Waals surface area contributed by atoms with Crippen molar-refractivity contribution in [2.24, 2.45) is 0 Å². The molecule has 0 spiro atoms. The van der Waals surface area contributed by atoms with Crippen molar-refractivity contribution in [2.75, 3.05) is 0 Å². The number of hydrogen-bond donors (Lipinski definition) is 1. The summed E-state index contributed by atoms with van der Waals surface area (Å²) in [6.07, 6.45) is 3.58. The molecule has 0 radical (unpaired) electrons. The Morgan fingerprint density at radius 3 is 2.79 bits per heavy atom. The fraction of sp³-hybridized carbons (Fsp3) is 0.143. The molecule has 0 aliphatic rings. The predicted octanol–water partition coefficient (Wildman–Crippen LogP) is 2.24. The Labute approximate surface area is 109 Å². The molecule has 0 aliphatic carbocycles. The molecule has 5 heteroatoms. The van der Waals surface area contributed by atoms with E-state index in [-0.39, 0.29) is 0 Å². The molecule has 2 heterocycles. The van der Waals surface area contributed by atoms with Crippen molar-refractivity contribution in [3.63, 3.8) is 0 Å². The van der Waals surface area contributed by atoms with Crippen LogP contribution in [0.1, 0.15) is 10.5 Å². The van der Waals surface area contributed by atoms with Crippen LogP contribution in [0, 0.1) is 0 Å². The van der Waals surface area contributed by atoms with E-state index in [4.69, 9.17) is 0 Å². The van der Waals surface area contributed by atoms with E-state index in [1.807, 2.05) is 41.1 Å². The maximum absolute atomic E-state index is 11.3. The first kappa shape index (κ1) is 11.5. The van der Waals surface area contributed by atoms with Crippen LogP contribution in [0.3, 0.4) is 0 Å². The Morgan fingerprint density at radius 1 is 1.21 bits per heavy atom. The second-order valence-corrected chi connectivity index (χ2v) is 4.31. The van der Waals surface area contributed by atoms with Gasteiger partial charge >= 0.3 is 5.97 Å². The summed E-state index contributed by atoms with van der Waals surface area (Å²) in [5.41, 5.74) is 1.25. The van der Waals surface area contributed by atoms with Gasteiger partial charge in [0.25, 0.3) is 0 Å². The molecule has 1 N–H and O–H groups in total. The van der Waals surface area contributed by atoms with E-state index in [1.165, 1.54) is 0 Å². The third-order valence-electron chi connectivity index (χ3n) is 3.14. The van der Waals surface area contributed by atoms with Gasteiger partial charge in [0.15, 0.2) is 0 Å². The van der Waals surface area contributed by atoms with Crippen LogP contribution in [0.25, 0.3) is 10.9 Å². The fourth-order valence-corrected chi connectivity index (χ4v) is 2.26. The normalized spacial score (nSPS) is 10.9. The minimum absolute atomic E-state index is 0.313. The lowest BCUT2D eigenvalue weighted by atomic mass is 10.2. The number of carbonyl (C=O) groups is 1. The smallest absolute Gasteiger partial charge is 0.352 e. The van der Waals surface area contributed by atoms with E-state index in [0.29, 0.717) is 18.8 Å². The third kappa shape index (κ3) is 2.10. The summed E-state index contributed by atoms with van der Waals surface area (Å²) in [6.45, 7) is 1.22. The summed E-state index contributed by atoms with van der Waals surface area (Å²) in [6, 6.07) is 11.2. The van der Waals surface area contributed by atoms with Crippen molar-refractivity contribution < 1.29 is 9.90 Å². The summed E-state index contributed by atoms with van der Waals surface area (Å²) in [5, 5.41) is 14.4. The molecular formula is C14H13N3O2. The molecule has 0 amide bonds. The molecule has 3 rings (SSSR count). The zero-order valence-electron chi connectivity index (χ0n) is 10.2. The van der Waals surface area contributed by atoms with E-state index in [2.05, 4.69) is 5.10 Å². The van der Waals surface area contributed by atoms with Gasteiger partial charge in [-0.15, -0.1) is 0 Å². The van der Waals surface area contributed by atoms with Gasteiger partial charge in [-0.1, -0.05) is 18.2 Å². The van der Waals surface area contributed by atoms with Crippen LogP contribution in [0.15, 0.2) is 48.8 Å². The summed E-state index contributed by atoms with van der Waals surface area (Å²) < 4.78 is 3.61. The molecule has 0 bridgehead atoms. The van der Waals surface area contributed by atoms with Gasteiger partial charge in [-0.25, -0.2) is 4.79 Å². The first-order valence-electron chi connectivity index (χ1n) is 6.05. The van der Waals surface area contributed by atoms with Crippen LogP contribution in [0.2, 0.25) is 0 Å². The molecule has 2 aromatic heterocycles. The molecule has 3 aromatic rings. The Morgan fingerprint density at radius 2 is 2.05 bits per heavy atom. The first-order chi connectivity index (χ1) is 9.25. The average Bonchev–Trinajstić information content (AvgIpc) is 3.03. The van der Waals surface area contributed by atoms with Crippen LogP contribution in [0.4, 0.5) is 0 Å². The molecule has 0 fully saturated rings.